The van der Waals surface area contributed by atoms with Gasteiger partial charge in [0.25, 0.3) is 11.8 Å². The number of nitrogens with zero attached hydrogens (tertiary/aromatic N) is 3. The van der Waals surface area contributed by atoms with E-state index in [1.54, 1.807) is 11.0 Å². The maximum atomic E-state index is 13.1. The van der Waals surface area contributed by atoms with E-state index in [1.807, 2.05) is 36.4 Å². The van der Waals surface area contributed by atoms with E-state index in [9.17, 15) is 19.2 Å². The molecule has 4 amide bonds. The van der Waals surface area contributed by atoms with Crippen LogP contribution in [-0.2, 0) is 29.1 Å². The van der Waals surface area contributed by atoms with E-state index in [4.69, 9.17) is 0 Å². The smallest absolute Gasteiger partial charge is 0.254 e. The Balaban J connectivity index is 1.15. The van der Waals surface area contributed by atoms with Crippen molar-refractivity contribution in [1.29, 1.82) is 0 Å². The zero-order valence-electron chi connectivity index (χ0n) is 21.2. The fraction of sp³-hybridized carbons (Fsp3) is 0.429. The number of imide groups is 1. The highest BCUT2D eigenvalue weighted by atomic mass is 16.2. The molecular weight excluding hydrogens is 470 g/mol. The number of nitrogens with one attached hydrogen (secondary N) is 2. The maximum absolute atomic E-state index is 13.1. The summed E-state index contributed by atoms with van der Waals surface area (Å²) in [5, 5.41) is 5.30. The Morgan fingerprint density at radius 2 is 1.68 bits per heavy atom. The zero-order chi connectivity index (χ0) is 25.9. The van der Waals surface area contributed by atoms with Crippen LogP contribution in [0.1, 0.15) is 50.2 Å². The molecule has 2 saturated heterocycles. The van der Waals surface area contributed by atoms with E-state index in [-0.39, 0.29) is 24.1 Å². The number of likely N-dealkylation sites (N-methyl/N-ethyl adjacent to an activating group) is 1. The summed E-state index contributed by atoms with van der Waals surface area (Å²) in [7, 11) is 2.14. The molecule has 0 spiro atoms. The molecule has 3 aliphatic rings. The predicted octanol–water partition coefficient (Wildman–Crippen LogP) is 1.17. The lowest BCUT2D eigenvalue weighted by Gasteiger charge is -2.36. The molecule has 5 rings (SSSR count). The second-order valence-electron chi connectivity index (χ2n) is 10.2. The molecule has 2 aromatic carbocycles. The summed E-state index contributed by atoms with van der Waals surface area (Å²) in [4.78, 5) is 55.8. The number of rotatable bonds is 6. The summed E-state index contributed by atoms with van der Waals surface area (Å²) in [6.07, 6.45) is 1.21. The summed E-state index contributed by atoms with van der Waals surface area (Å²) >= 11 is 0. The normalized spacial score (nSPS) is 20.9. The van der Waals surface area contributed by atoms with Crippen molar-refractivity contribution in [1.82, 2.24) is 25.3 Å². The Hall–Kier alpha value is -3.56. The number of carbonyl (C=O) groups is 4. The molecule has 0 aromatic heterocycles. The molecule has 9 heteroatoms. The first-order chi connectivity index (χ1) is 17.9. The SMILES string of the molecule is CN1CCN(Cc2ccc(C(=O)NCc3ccc4c(c3)CCN(C3CCC(=O)NC3=O)C4=O)cc2)CC1. The number of hydrogen-bond acceptors (Lipinski definition) is 6. The van der Waals surface area contributed by atoms with Gasteiger partial charge in [0.1, 0.15) is 6.04 Å². The van der Waals surface area contributed by atoms with Crippen molar-refractivity contribution in [2.45, 2.75) is 38.4 Å². The summed E-state index contributed by atoms with van der Waals surface area (Å²) in [6, 6.07) is 12.7. The van der Waals surface area contributed by atoms with Crippen LogP contribution >= 0.6 is 0 Å². The molecule has 2 fully saturated rings. The standard InChI is InChI=1S/C28H33N5O4/c1-31-12-14-32(15-13-31)18-19-2-5-21(6-3-19)26(35)29-17-20-4-7-23-22(16-20)10-11-33(28(23)37)24-8-9-25(34)30-27(24)36/h2-7,16,24H,8-15,17-18H2,1H3,(H,29,35)(H,30,34,36). The van der Waals surface area contributed by atoms with Gasteiger partial charge < -0.3 is 15.1 Å². The molecule has 0 aliphatic carbocycles. The van der Waals surface area contributed by atoms with Gasteiger partial charge in [-0.15, -0.1) is 0 Å². The van der Waals surface area contributed by atoms with Crippen molar-refractivity contribution < 1.29 is 19.2 Å². The molecule has 1 atom stereocenters. The first kappa shape index (κ1) is 25.1. The number of fused-ring (bicyclic) bond motifs is 1. The molecule has 0 saturated carbocycles. The van der Waals surface area contributed by atoms with Gasteiger partial charge >= 0.3 is 0 Å². The van der Waals surface area contributed by atoms with Crippen molar-refractivity contribution in [3.63, 3.8) is 0 Å². The third kappa shape index (κ3) is 5.73. The minimum Gasteiger partial charge on any atom is -0.348 e. The van der Waals surface area contributed by atoms with Crippen molar-refractivity contribution >= 4 is 23.6 Å². The molecule has 0 bridgehead atoms. The molecule has 1 unspecified atom stereocenters. The van der Waals surface area contributed by atoms with Crippen molar-refractivity contribution in [3.05, 3.63) is 70.3 Å². The van der Waals surface area contributed by atoms with Gasteiger partial charge in [-0.25, -0.2) is 0 Å². The van der Waals surface area contributed by atoms with Gasteiger partial charge in [0.15, 0.2) is 0 Å². The van der Waals surface area contributed by atoms with Crippen molar-refractivity contribution in [2.24, 2.45) is 0 Å². The Morgan fingerprint density at radius 1 is 0.946 bits per heavy atom. The molecule has 2 N–H and O–H groups in total. The van der Waals surface area contributed by atoms with E-state index in [0.29, 0.717) is 37.1 Å². The van der Waals surface area contributed by atoms with Gasteiger partial charge in [-0.1, -0.05) is 24.3 Å². The summed E-state index contributed by atoms with van der Waals surface area (Å²) in [6.45, 7) is 5.95. The lowest BCUT2D eigenvalue weighted by molar-refractivity contribution is -0.136. The van der Waals surface area contributed by atoms with Gasteiger partial charge in [0.05, 0.1) is 0 Å². The van der Waals surface area contributed by atoms with Gasteiger partial charge in [-0.3, -0.25) is 29.4 Å². The maximum Gasteiger partial charge on any atom is 0.254 e. The summed E-state index contributed by atoms with van der Waals surface area (Å²) < 4.78 is 0. The van der Waals surface area contributed by atoms with Crippen LogP contribution in [0.25, 0.3) is 0 Å². The van der Waals surface area contributed by atoms with E-state index in [2.05, 4.69) is 27.5 Å². The number of piperazine rings is 1. The number of benzene rings is 2. The van der Waals surface area contributed by atoms with Crippen molar-refractivity contribution in [3.8, 4) is 0 Å². The minimum atomic E-state index is -0.606. The highest BCUT2D eigenvalue weighted by molar-refractivity contribution is 6.04. The fourth-order valence-corrected chi connectivity index (χ4v) is 5.26. The molecule has 3 heterocycles. The van der Waals surface area contributed by atoms with Gasteiger partial charge in [0.2, 0.25) is 11.8 Å². The van der Waals surface area contributed by atoms with Crippen LogP contribution in [0.4, 0.5) is 0 Å². The number of piperidine rings is 1. The van der Waals surface area contributed by atoms with Gasteiger partial charge in [-0.05, 0) is 54.8 Å². The molecule has 0 radical (unpaired) electrons. The molecule has 37 heavy (non-hydrogen) atoms. The first-order valence-electron chi connectivity index (χ1n) is 12.9. The molecule has 9 nitrogen and oxygen atoms in total. The molecular formula is C28H33N5O4. The Kier molecular flexibility index (Phi) is 7.34. The Bertz CT molecular complexity index is 1200. The second kappa shape index (κ2) is 10.8. The van der Waals surface area contributed by atoms with E-state index < -0.39 is 11.9 Å². The third-order valence-electron chi connectivity index (χ3n) is 7.54. The first-order valence-corrected chi connectivity index (χ1v) is 12.9. The third-order valence-corrected chi connectivity index (χ3v) is 7.54. The fourth-order valence-electron chi connectivity index (χ4n) is 5.26. The number of carbonyl (C=O) groups excluding carboxylic acids is 4. The highest BCUT2D eigenvalue weighted by Gasteiger charge is 2.37. The second-order valence-corrected chi connectivity index (χ2v) is 10.2. The molecule has 194 valence electrons. The van der Waals surface area contributed by atoms with Crippen molar-refractivity contribution in [2.75, 3.05) is 39.8 Å². The van der Waals surface area contributed by atoms with Crippen LogP contribution in [-0.4, -0.2) is 84.1 Å². The monoisotopic (exact) mass is 503 g/mol. The van der Waals surface area contributed by atoms with Crippen LogP contribution < -0.4 is 10.6 Å². The van der Waals surface area contributed by atoms with Crippen LogP contribution in [0.15, 0.2) is 42.5 Å². The molecule has 3 aliphatic heterocycles. The Morgan fingerprint density at radius 3 is 2.41 bits per heavy atom. The lowest BCUT2D eigenvalue weighted by Crippen LogP contribution is -2.55. The summed E-state index contributed by atoms with van der Waals surface area (Å²) in [5.41, 5.74) is 4.22. The quantitative estimate of drug-likeness (QED) is 0.574. The van der Waals surface area contributed by atoms with Crippen LogP contribution in [0.5, 0.6) is 0 Å². The van der Waals surface area contributed by atoms with Crippen LogP contribution in [0, 0.1) is 0 Å². The van der Waals surface area contributed by atoms with E-state index >= 15 is 0 Å². The minimum absolute atomic E-state index is 0.135. The topological polar surface area (TPSA) is 102 Å². The predicted molar refractivity (Wildman–Crippen MR) is 138 cm³/mol. The van der Waals surface area contributed by atoms with Gasteiger partial charge in [-0.2, -0.15) is 0 Å². The average Bonchev–Trinajstić information content (AvgIpc) is 2.90. The van der Waals surface area contributed by atoms with Gasteiger partial charge in [0, 0.05) is 63.4 Å². The summed E-state index contributed by atoms with van der Waals surface area (Å²) in [5.74, 6) is -1.02. The zero-order valence-corrected chi connectivity index (χ0v) is 21.2. The number of hydrogen-bond donors (Lipinski definition) is 2. The number of amides is 4. The van der Waals surface area contributed by atoms with Crippen LogP contribution in [0.2, 0.25) is 0 Å². The van der Waals surface area contributed by atoms with E-state index in [0.717, 1.165) is 43.9 Å². The lowest BCUT2D eigenvalue weighted by atomic mass is 9.93. The highest BCUT2D eigenvalue weighted by Crippen LogP contribution is 2.24. The Labute approximate surface area is 216 Å². The van der Waals surface area contributed by atoms with Crippen LogP contribution in [0.3, 0.4) is 0 Å². The molecule has 2 aromatic rings. The average molecular weight is 504 g/mol. The van der Waals surface area contributed by atoms with E-state index in [1.165, 1.54) is 5.56 Å². The largest absolute Gasteiger partial charge is 0.348 e.